The first-order valence-corrected chi connectivity index (χ1v) is 11.9. The molecular formula is C23H26N2O7S. The first-order chi connectivity index (χ1) is 15.8. The number of carbonyl (C=O) groups is 5. The van der Waals surface area contributed by atoms with E-state index in [2.05, 4.69) is 5.32 Å². The van der Waals surface area contributed by atoms with Gasteiger partial charge in [0.1, 0.15) is 11.5 Å². The summed E-state index contributed by atoms with van der Waals surface area (Å²) in [7, 11) is 0. The molecule has 3 aliphatic rings. The summed E-state index contributed by atoms with van der Waals surface area (Å²) < 4.78 is 10.1. The zero-order chi connectivity index (χ0) is 23.9. The fraction of sp³-hybridized carbons (Fsp3) is 0.522. The van der Waals surface area contributed by atoms with Gasteiger partial charge in [-0.15, -0.1) is 11.3 Å². The van der Waals surface area contributed by atoms with Crippen molar-refractivity contribution in [1.29, 1.82) is 0 Å². The summed E-state index contributed by atoms with van der Waals surface area (Å²) in [6.45, 7) is 4.55. The van der Waals surface area contributed by atoms with Gasteiger partial charge in [0.25, 0.3) is 5.91 Å². The molecule has 2 bridgehead atoms. The number of nitrogens with zero attached hydrogens (tertiary/aromatic N) is 1. The maximum atomic E-state index is 12.7. The normalized spacial score (nSPS) is 24.9. The number of esters is 2. The number of thiophene rings is 1. The lowest BCUT2D eigenvalue weighted by Gasteiger charge is -2.16. The van der Waals surface area contributed by atoms with Crippen LogP contribution in [0.3, 0.4) is 0 Å². The van der Waals surface area contributed by atoms with Gasteiger partial charge in [-0.05, 0) is 44.1 Å². The standard InChI is InChI=1S/C23H26N2O7S/c1-4-14-11(3)33-20(19(14)23(30)31-5-2)24-15(26)10-32-16(27)9-25-21(28)17-12-6-7-13(8-12)18(17)22(25)29/h6-7,12-13,17-18H,4-5,8-10H2,1-3H3,(H,24,26)/t12-,13+,17-,18+. The molecule has 2 fully saturated rings. The Morgan fingerprint density at radius 3 is 2.30 bits per heavy atom. The van der Waals surface area contributed by atoms with Gasteiger partial charge in [0, 0.05) is 4.88 Å². The van der Waals surface area contributed by atoms with Crippen molar-refractivity contribution in [2.45, 2.75) is 33.6 Å². The van der Waals surface area contributed by atoms with E-state index in [0.29, 0.717) is 17.0 Å². The highest BCUT2D eigenvalue weighted by Gasteiger charge is 2.59. The number of likely N-dealkylation sites (tertiary alicyclic amines) is 1. The molecule has 1 N–H and O–H groups in total. The van der Waals surface area contributed by atoms with E-state index in [9.17, 15) is 24.0 Å². The number of rotatable bonds is 8. The van der Waals surface area contributed by atoms with Crippen molar-refractivity contribution >= 4 is 46.0 Å². The first-order valence-electron chi connectivity index (χ1n) is 11.0. The molecule has 1 saturated heterocycles. The fourth-order valence-corrected chi connectivity index (χ4v) is 6.26. The minimum atomic E-state index is -0.839. The van der Waals surface area contributed by atoms with Crippen LogP contribution in [0.1, 0.15) is 41.1 Å². The van der Waals surface area contributed by atoms with Gasteiger partial charge in [-0.3, -0.25) is 24.1 Å². The number of hydrogen-bond acceptors (Lipinski definition) is 8. The molecule has 1 aromatic heterocycles. The van der Waals surface area contributed by atoms with E-state index in [0.717, 1.165) is 21.8 Å². The second-order valence-corrected chi connectivity index (χ2v) is 9.61. The fourth-order valence-electron chi connectivity index (χ4n) is 5.12. The van der Waals surface area contributed by atoms with Crippen LogP contribution in [0.25, 0.3) is 0 Å². The summed E-state index contributed by atoms with van der Waals surface area (Å²) in [5.41, 5.74) is 1.11. The predicted octanol–water partition coefficient (Wildman–Crippen LogP) is 2.08. The van der Waals surface area contributed by atoms with Crippen LogP contribution in [0.15, 0.2) is 12.2 Å². The molecule has 0 aromatic carbocycles. The molecule has 0 unspecified atom stereocenters. The van der Waals surface area contributed by atoms with Gasteiger partial charge in [-0.25, -0.2) is 4.79 Å². The van der Waals surface area contributed by atoms with Crippen molar-refractivity contribution in [1.82, 2.24) is 4.90 Å². The molecule has 10 heteroatoms. The monoisotopic (exact) mass is 474 g/mol. The molecule has 176 valence electrons. The van der Waals surface area contributed by atoms with E-state index >= 15 is 0 Å². The third kappa shape index (κ3) is 4.07. The van der Waals surface area contributed by atoms with Crippen LogP contribution >= 0.6 is 11.3 Å². The smallest absolute Gasteiger partial charge is 0.341 e. The third-order valence-electron chi connectivity index (χ3n) is 6.51. The molecule has 1 aliphatic heterocycles. The number of imide groups is 1. The van der Waals surface area contributed by atoms with Gasteiger partial charge in [-0.2, -0.15) is 0 Å². The van der Waals surface area contributed by atoms with Crippen molar-refractivity contribution in [3.63, 3.8) is 0 Å². The van der Waals surface area contributed by atoms with E-state index in [1.54, 1.807) is 6.92 Å². The minimum Gasteiger partial charge on any atom is -0.462 e. The molecule has 3 amide bonds. The number of amides is 3. The first kappa shape index (κ1) is 23.2. The zero-order valence-corrected chi connectivity index (χ0v) is 19.5. The SMILES string of the molecule is CCOC(=O)c1c(NC(=O)COC(=O)CN2C(=O)[C@@H]3[C@H](C2=O)[C@@H]2C=C[C@H]3C2)sc(C)c1CC. The highest BCUT2D eigenvalue weighted by Crippen LogP contribution is 2.52. The van der Waals surface area contributed by atoms with Crippen LogP contribution < -0.4 is 5.32 Å². The van der Waals surface area contributed by atoms with Crippen LogP contribution in [0.2, 0.25) is 0 Å². The number of hydrogen-bond donors (Lipinski definition) is 1. The number of carbonyl (C=O) groups excluding carboxylic acids is 5. The van der Waals surface area contributed by atoms with Crippen molar-refractivity contribution in [2.24, 2.45) is 23.7 Å². The van der Waals surface area contributed by atoms with Crippen LogP contribution in [-0.2, 0) is 35.1 Å². The van der Waals surface area contributed by atoms with Crippen LogP contribution in [0.5, 0.6) is 0 Å². The summed E-state index contributed by atoms with van der Waals surface area (Å²) in [5.74, 6) is -3.35. The molecule has 1 saturated carbocycles. The van der Waals surface area contributed by atoms with Crippen molar-refractivity contribution in [2.75, 3.05) is 25.1 Å². The summed E-state index contributed by atoms with van der Waals surface area (Å²) in [6.07, 6.45) is 5.35. The van der Waals surface area contributed by atoms with Gasteiger partial charge in [0.05, 0.1) is 24.0 Å². The summed E-state index contributed by atoms with van der Waals surface area (Å²) >= 11 is 1.25. The molecule has 1 aromatic rings. The van der Waals surface area contributed by atoms with E-state index in [1.165, 1.54) is 11.3 Å². The van der Waals surface area contributed by atoms with Crippen LogP contribution in [0.4, 0.5) is 5.00 Å². The molecular weight excluding hydrogens is 448 g/mol. The maximum absolute atomic E-state index is 12.7. The number of nitrogens with one attached hydrogen (secondary N) is 1. The molecule has 2 aliphatic carbocycles. The predicted molar refractivity (Wildman–Crippen MR) is 118 cm³/mol. The molecule has 4 rings (SSSR count). The van der Waals surface area contributed by atoms with Gasteiger partial charge < -0.3 is 14.8 Å². The lowest BCUT2D eigenvalue weighted by atomic mass is 9.85. The third-order valence-corrected chi connectivity index (χ3v) is 7.57. The largest absolute Gasteiger partial charge is 0.462 e. The zero-order valence-electron chi connectivity index (χ0n) is 18.7. The Morgan fingerprint density at radius 2 is 1.73 bits per heavy atom. The Bertz CT molecular complexity index is 1030. The number of aryl methyl sites for hydroxylation is 1. The Labute approximate surface area is 195 Å². The van der Waals surface area contributed by atoms with Crippen molar-refractivity contribution in [3.8, 4) is 0 Å². The molecule has 0 radical (unpaired) electrons. The average molecular weight is 475 g/mol. The Morgan fingerprint density at radius 1 is 1.09 bits per heavy atom. The van der Waals surface area contributed by atoms with E-state index < -0.39 is 31.0 Å². The van der Waals surface area contributed by atoms with Crippen LogP contribution in [-0.4, -0.2) is 54.3 Å². The van der Waals surface area contributed by atoms with E-state index in [4.69, 9.17) is 9.47 Å². The van der Waals surface area contributed by atoms with E-state index in [-0.39, 0.29) is 42.1 Å². The van der Waals surface area contributed by atoms with Crippen LogP contribution in [0, 0.1) is 30.6 Å². The topological polar surface area (TPSA) is 119 Å². The van der Waals surface area contributed by atoms with Crippen molar-refractivity contribution < 1.29 is 33.4 Å². The second-order valence-electron chi connectivity index (χ2n) is 8.39. The Balaban J connectivity index is 1.34. The molecule has 33 heavy (non-hydrogen) atoms. The molecule has 2 heterocycles. The van der Waals surface area contributed by atoms with E-state index in [1.807, 2.05) is 26.0 Å². The highest BCUT2D eigenvalue weighted by atomic mass is 32.1. The Hall–Kier alpha value is -3.01. The van der Waals surface area contributed by atoms with Gasteiger partial charge in [-0.1, -0.05) is 19.1 Å². The van der Waals surface area contributed by atoms with Gasteiger partial charge in [0.15, 0.2) is 6.61 Å². The number of ether oxygens (including phenoxy) is 2. The summed E-state index contributed by atoms with van der Waals surface area (Å²) in [4.78, 5) is 64.2. The van der Waals surface area contributed by atoms with Gasteiger partial charge in [0.2, 0.25) is 11.8 Å². The molecule has 9 nitrogen and oxygen atoms in total. The summed E-state index contributed by atoms with van der Waals surface area (Å²) in [6, 6.07) is 0. The second kappa shape index (κ2) is 9.09. The average Bonchev–Trinajstić information content (AvgIpc) is 3.51. The van der Waals surface area contributed by atoms with Crippen molar-refractivity contribution in [3.05, 3.63) is 28.2 Å². The quantitative estimate of drug-likeness (QED) is 0.348. The number of allylic oxidation sites excluding steroid dienone is 2. The summed E-state index contributed by atoms with van der Waals surface area (Å²) in [5, 5.41) is 2.95. The number of anilines is 1. The highest BCUT2D eigenvalue weighted by molar-refractivity contribution is 7.16. The Kier molecular flexibility index (Phi) is 6.38. The molecule has 0 spiro atoms. The molecule has 4 atom stereocenters. The number of fused-ring (bicyclic) bond motifs is 5. The maximum Gasteiger partial charge on any atom is 0.341 e. The lowest BCUT2D eigenvalue weighted by molar-refractivity contribution is -0.154. The lowest BCUT2D eigenvalue weighted by Crippen LogP contribution is -2.38. The van der Waals surface area contributed by atoms with Gasteiger partial charge >= 0.3 is 11.9 Å². The minimum absolute atomic E-state index is 0.0547.